The number of benzene rings is 1. The first-order valence-corrected chi connectivity index (χ1v) is 18.2. The lowest BCUT2D eigenvalue weighted by molar-refractivity contribution is 0.0928. The predicted octanol–water partition coefficient (Wildman–Crippen LogP) is 5.70. The third kappa shape index (κ3) is 4.61. The number of morpholine rings is 1. The molecule has 3 aromatic rings. The average Bonchev–Trinajstić information content (AvgIpc) is 3.91. The average molecular weight is 615 g/mol. The highest BCUT2D eigenvalue weighted by molar-refractivity contribution is 7.91. The summed E-state index contributed by atoms with van der Waals surface area (Å²) in [5.74, 6) is 5.37. The Kier molecular flexibility index (Phi) is 6.73. The fourth-order valence-electron chi connectivity index (χ4n) is 8.17. The predicted molar refractivity (Wildman–Crippen MR) is 170 cm³/mol. The maximum absolute atomic E-state index is 13.2. The molecule has 1 saturated heterocycles. The SMILES string of the molecule is C#CC1CCC2(CC1)C[C@H]2n1c(N2CCOC[C@H]2c2ccccc2)nc2nc(S(=O)(=O)CC)nc(NC3(C4CCC4)CC3)c21. The van der Waals surface area contributed by atoms with Gasteiger partial charge in [-0.3, -0.25) is 0 Å². The van der Waals surface area contributed by atoms with Crippen molar-refractivity contribution in [3.63, 3.8) is 0 Å². The molecule has 10 heteroatoms. The van der Waals surface area contributed by atoms with E-state index in [1.807, 2.05) is 6.07 Å². The van der Waals surface area contributed by atoms with E-state index in [1.54, 1.807) is 6.92 Å². The minimum Gasteiger partial charge on any atom is -0.377 e. The van der Waals surface area contributed by atoms with Gasteiger partial charge in [0.1, 0.15) is 5.52 Å². The molecule has 1 N–H and O–H groups in total. The smallest absolute Gasteiger partial charge is 0.251 e. The largest absolute Gasteiger partial charge is 0.377 e. The lowest BCUT2D eigenvalue weighted by Crippen LogP contribution is -2.41. The number of anilines is 2. The van der Waals surface area contributed by atoms with Crippen LogP contribution in [0.1, 0.15) is 88.8 Å². The van der Waals surface area contributed by atoms with E-state index in [1.165, 1.54) is 24.8 Å². The van der Waals surface area contributed by atoms with Crippen LogP contribution in [-0.2, 0) is 14.6 Å². The van der Waals surface area contributed by atoms with Gasteiger partial charge in [-0.15, -0.1) is 12.3 Å². The fourth-order valence-corrected chi connectivity index (χ4v) is 8.89. The summed E-state index contributed by atoms with van der Waals surface area (Å²) >= 11 is 0. The van der Waals surface area contributed by atoms with Gasteiger partial charge in [-0.05, 0) is 74.7 Å². The molecule has 4 aliphatic carbocycles. The second-order valence-electron chi connectivity index (χ2n) is 13.8. The van der Waals surface area contributed by atoms with E-state index in [4.69, 9.17) is 26.1 Å². The number of imidazole rings is 1. The summed E-state index contributed by atoms with van der Waals surface area (Å²) in [6.45, 7) is 3.49. The minimum atomic E-state index is -3.65. The second kappa shape index (κ2) is 10.4. The standard InChI is InChI=1S/C34H42N6O3S/c1-3-23-13-15-33(16-14-23)21-27(33)40-28-29(37-32(40)39-19-20-43-22-26(39)24-9-6-5-7-10-24)35-31(44(41,42)4-2)36-30(28)38-34(17-18-34)25-11-8-12-25/h1,5-7,9-10,23,25-27H,4,8,11-22H2,2H3,(H,35,36,38)/t23?,26-,27+,33?/m0/s1. The Balaban J connectivity index is 1.31. The highest BCUT2D eigenvalue weighted by Gasteiger charge is 2.58. The Morgan fingerprint density at radius 3 is 2.50 bits per heavy atom. The summed E-state index contributed by atoms with van der Waals surface area (Å²) in [7, 11) is -3.65. The van der Waals surface area contributed by atoms with Gasteiger partial charge in [-0.2, -0.15) is 15.0 Å². The van der Waals surface area contributed by atoms with Crippen LogP contribution in [0.15, 0.2) is 35.5 Å². The molecule has 1 spiro atoms. The molecule has 232 valence electrons. The van der Waals surface area contributed by atoms with Crippen LogP contribution in [0.25, 0.3) is 11.2 Å². The van der Waals surface area contributed by atoms with Crippen LogP contribution in [0.4, 0.5) is 11.8 Å². The van der Waals surface area contributed by atoms with Crippen molar-refractivity contribution < 1.29 is 13.2 Å². The second-order valence-corrected chi connectivity index (χ2v) is 16.0. The topological polar surface area (TPSA) is 102 Å². The molecule has 0 amide bonds. The Morgan fingerprint density at radius 1 is 1.07 bits per heavy atom. The lowest BCUT2D eigenvalue weighted by atomic mass is 9.78. The molecule has 4 saturated carbocycles. The van der Waals surface area contributed by atoms with Gasteiger partial charge in [0.15, 0.2) is 11.5 Å². The molecule has 0 bridgehead atoms. The molecular formula is C34H42N6O3S. The first kappa shape index (κ1) is 28.3. The molecule has 2 atom stereocenters. The van der Waals surface area contributed by atoms with E-state index in [0.717, 1.165) is 56.4 Å². The van der Waals surface area contributed by atoms with Crippen LogP contribution < -0.4 is 10.2 Å². The first-order valence-electron chi connectivity index (χ1n) is 16.5. The number of nitrogens with one attached hydrogen (secondary N) is 1. The molecule has 0 unspecified atom stereocenters. The number of ether oxygens (including phenoxy) is 1. The van der Waals surface area contributed by atoms with Crippen LogP contribution in [0.5, 0.6) is 0 Å². The van der Waals surface area contributed by atoms with Crippen LogP contribution >= 0.6 is 0 Å². The van der Waals surface area contributed by atoms with Crippen molar-refractivity contribution in [3.8, 4) is 12.3 Å². The zero-order valence-corrected chi connectivity index (χ0v) is 26.4. The van der Waals surface area contributed by atoms with Crippen molar-refractivity contribution in [2.24, 2.45) is 17.3 Å². The molecule has 8 rings (SSSR count). The third-order valence-electron chi connectivity index (χ3n) is 11.5. The van der Waals surface area contributed by atoms with E-state index < -0.39 is 9.84 Å². The van der Waals surface area contributed by atoms with E-state index in [0.29, 0.717) is 43.1 Å². The maximum Gasteiger partial charge on any atom is 0.251 e. The van der Waals surface area contributed by atoms with Gasteiger partial charge in [0.2, 0.25) is 15.8 Å². The van der Waals surface area contributed by atoms with Crippen molar-refractivity contribution in [2.45, 2.75) is 93.9 Å². The van der Waals surface area contributed by atoms with Gasteiger partial charge in [-0.25, -0.2) is 8.42 Å². The van der Waals surface area contributed by atoms with Gasteiger partial charge >= 0.3 is 0 Å². The molecule has 44 heavy (non-hydrogen) atoms. The molecule has 9 nitrogen and oxygen atoms in total. The molecule has 5 aliphatic rings. The van der Waals surface area contributed by atoms with Gasteiger partial charge in [0, 0.05) is 24.0 Å². The van der Waals surface area contributed by atoms with Crippen LogP contribution in [0, 0.1) is 29.6 Å². The number of hydrogen-bond acceptors (Lipinski definition) is 8. The van der Waals surface area contributed by atoms with E-state index in [9.17, 15) is 8.42 Å². The van der Waals surface area contributed by atoms with Crippen molar-refractivity contribution >= 4 is 32.8 Å². The molecule has 1 aromatic carbocycles. The van der Waals surface area contributed by atoms with Crippen LogP contribution in [0.3, 0.4) is 0 Å². The normalized spacial score (nSPS) is 29.7. The van der Waals surface area contributed by atoms with Crippen molar-refractivity contribution in [1.82, 2.24) is 19.5 Å². The quantitative estimate of drug-likeness (QED) is 0.255. The summed E-state index contributed by atoms with van der Waals surface area (Å²) < 4.78 is 34.9. The van der Waals surface area contributed by atoms with Crippen molar-refractivity contribution in [1.29, 1.82) is 0 Å². The Bertz CT molecular complexity index is 1710. The summed E-state index contributed by atoms with van der Waals surface area (Å²) in [6.07, 6.45) is 17.0. The maximum atomic E-state index is 13.2. The molecule has 5 fully saturated rings. The highest BCUT2D eigenvalue weighted by atomic mass is 32.2. The molecule has 1 aliphatic heterocycles. The van der Waals surface area contributed by atoms with Crippen molar-refractivity contribution in [2.75, 3.05) is 35.7 Å². The van der Waals surface area contributed by atoms with E-state index in [2.05, 4.69) is 45.0 Å². The monoisotopic (exact) mass is 614 g/mol. The highest BCUT2D eigenvalue weighted by Crippen LogP contribution is 2.66. The summed E-state index contributed by atoms with van der Waals surface area (Å²) in [6, 6.07) is 10.7. The first-order chi connectivity index (χ1) is 21.4. The number of aromatic nitrogens is 4. The fraction of sp³-hybridized carbons (Fsp3) is 0.618. The Hall–Kier alpha value is -3.16. The molecule has 3 heterocycles. The van der Waals surface area contributed by atoms with Crippen molar-refractivity contribution in [3.05, 3.63) is 35.9 Å². The van der Waals surface area contributed by atoms with E-state index >= 15 is 0 Å². The number of nitrogens with zero attached hydrogens (tertiary/aromatic N) is 5. The zero-order chi connectivity index (χ0) is 30.1. The van der Waals surface area contributed by atoms with Gasteiger partial charge in [-0.1, -0.05) is 43.7 Å². The van der Waals surface area contributed by atoms with Gasteiger partial charge < -0.3 is 19.5 Å². The number of hydrogen-bond donors (Lipinski definition) is 1. The number of sulfone groups is 1. The number of fused-ring (bicyclic) bond motifs is 1. The third-order valence-corrected chi connectivity index (χ3v) is 13.0. The molecule has 2 aromatic heterocycles. The molecular weight excluding hydrogens is 572 g/mol. The summed E-state index contributed by atoms with van der Waals surface area (Å²) in [4.78, 5) is 17.1. The minimum absolute atomic E-state index is 0.0136. The van der Waals surface area contributed by atoms with Gasteiger partial charge in [0.25, 0.3) is 5.16 Å². The Labute approximate surface area is 260 Å². The number of terminal acetylenes is 1. The summed E-state index contributed by atoms with van der Waals surface area (Å²) in [5, 5.41) is 3.73. The zero-order valence-electron chi connectivity index (χ0n) is 25.5. The Morgan fingerprint density at radius 2 is 1.84 bits per heavy atom. The van der Waals surface area contributed by atoms with E-state index in [-0.39, 0.29) is 33.9 Å². The molecule has 0 radical (unpaired) electrons. The van der Waals surface area contributed by atoms with Gasteiger partial charge in [0.05, 0.1) is 25.0 Å². The lowest BCUT2D eigenvalue weighted by Gasteiger charge is -2.37. The van der Waals surface area contributed by atoms with Crippen LogP contribution in [-0.4, -0.2) is 59.0 Å². The number of rotatable bonds is 8. The van der Waals surface area contributed by atoms with Crippen LogP contribution in [0.2, 0.25) is 0 Å². The summed E-state index contributed by atoms with van der Waals surface area (Å²) in [5.41, 5.74) is 2.64.